The largest absolute Gasteiger partial charge is 0.377 e. The van der Waals surface area contributed by atoms with Gasteiger partial charge in [-0.1, -0.05) is 24.6 Å². The van der Waals surface area contributed by atoms with Crippen molar-refractivity contribution in [1.29, 1.82) is 0 Å². The van der Waals surface area contributed by atoms with Crippen LogP contribution < -0.4 is 5.73 Å². The molecule has 1 aromatic carbocycles. The number of halogens is 1. The van der Waals surface area contributed by atoms with Gasteiger partial charge in [-0.05, 0) is 49.6 Å². The van der Waals surface area contributed by atoms with E-state index in [4.69, 9.17) is 22.1 Å². The molecule has 0 aromatic heterocycles. The molecule has 1 fully saturated rings. The van der Waals surface area contributed by atoms with Gasteiger partial charge in [0.05, 0.1) is 6.10 Å². The van der Waals surface area contributed by atoms with Crippen LogP contribution in [-0.2, 0) is 4.74 Å². The lowest BCUT2D eigenvalue weighted by Crippen LogP contribution is -2.39. The van der Waals surface area contributed by atoms with Crippen LogP contribution in [0.2, 0.25) is 5.02 Å². The lowest BCUT2D eigenvalue weighted by molar-refractivity contribution is 0.0600. The quantitative estimate of drug-likeness (QED) is 0.876. The van der Waals surface area contributed by atoms with E-state index in [2.05, 4.69) is 24.8 Å². The van der Waals surface area contributed by atoms with Crippen LogP contribution >= 0.6 is 11.6 Å². The summed E-state index contributed by atoms with van der Waals surface area (Å²) in [6, 6.07) is 6.31. The van der Waals surface area contributed by atoms with Crippen molar-refractivity contribution in [1.82, 2.24) is 4.90 Å². The van der Waals surface area contributed by atoms with E-state index >= 15 is 0 Å². The highest BCUT2D eigenvalue weighted by atomic mass is 35.5. The molecule has 3 nitrogen and oxygen atoms in total. The van der Waals surface area contributed by atoms with Crippen LogP contribution in [0.4, 0.5) is 0 Å². The van der Waals surface area contributed by atoms with Gasteiger partial charge in [-0.2, -0.15) is 0 Å². The molecule has 0 amide bonds. The van der Waals surface area contributed by atoms with Crippen LogP contribution in [0.5, 0.6) is 0 Å². The first-order valence-corrected chi connectivity index (χ1v) is 7.85. The Bertz CT molecular complexity index is 432. The summed E-state index contributed by atoms with van der Waals surface area (Å²) in [5.74, 6) is 0. The van der Waals surface area contributed by atoms with Gasteiger partial charge in [0.25, 0.3) is 0 Å². The van der Waals surface area contributed by atoms with Crippen LogP contribution in [0, 0.1) is 6.92 Å². The summed E-state index contributed by atoms with van der Waals surface area (Å²) >= 11 is 6.05. The van der Waals surface area contributed by atoms with Crippen molar-refractivity contribution in [2.75, 3.05) is 26.2 Å². The molecule has 1 saturated heterocycles. The zero-order chi connectivity index (χ0) is 14.5. The summed E-state index contributed by atoms with van der Waals surface area (Å²) in [5, 5.41) is 0.782. The molecule has 112 valence electrons. The van der Waals surface area contributed by atoms with Gasteiger partial charge in [-0.15, -0.1) is 0 Å². The zero-order valence-corrected chi connectivity index (χ0v) is 13.2. The Morgan fingerprint density at radius 1 is 1.50 bits per heavy atom. The predicted octanol–water partition coefficient (Wildman–Crippen LogP) is 3.15. The first-order chi connectivity index (χ1) is 9.65. The van der Waals surface area contributed by atoms with E-state index in [0.717, 1.165) is 31.1 Å². The number of rotatable bonds is 6. The minimum absolute atomic E-state index is 0.237. The molecule has 2 atom stereocenters. The summed E-state index contributed by atoms with van der Waals surface area (Å²) in [6.45, 7) is 7.73. The number of hydrogen-bond acceptors (Lipinski definition) is 3. The monoisotopic (exact) mass is 296 g/mol. The van der Waals surface area contributed by atoms with Crippen molar-refractivity contribution in [2.24, 2.45) is 5.73 Å². The van der Waals surface area contributed by atoms with Crippen molar-refractivity contribution in [3.63, 3.8) is 0 Å². The second kappa shape index (κ2) is 7.41. The summed E-state index contributed by atoms with van der Waals surface area (Å²) in [4.78, 5) is 2.42. The van der Waals surface area contributed by atoms with E-state index in [1.54, 1.807) is 0 Å². The van der Waals surface area contributed by atoms with Crippen molar-refractivity contribution in [2.45, 2.75) is 38.8 Å². The van der Waals surface area contributed by atoms with Gasteiger partial charge in [0.1, 0.15) is 0 Å². The highest BCUT2D eigenvalue weighted by molar-refractivity contribution is 6.30. The summed E-state index contributed by atoms with van der Waals surface area (Å²) in [7, 11) is 0. The average Bonchev–Trinajstić information content (AvgIpc) is 2.93. The van der Waals surface area contributed by atoms with E-state index in [0.29, 0.717) is 12.6 Å². The average molecular weight is 297 g/mol. The number of likely N-dealkylation sites (N-methyl/N-ethyl adjacent to an activating group) is 1. The Kier molecular flexibility index (Phi) is 5.85. The van der Waals surface area contributed by atoms with Gasteiger partial charge in [-0.25, -0.2) is 0 Å². The third-order valence-electron chi connectivity index (χ3n) is 4.12. The topological polar surface area (TPSA) is 38.5 Å². The fourth-order valence-corrected chi connectivity index (χ4v) is 3.24. The standard InChI is InChI=1S/C16H25ClN2O/c1-3-19(11-14-5-4-8-20-14)16(10-18)15-7-6-13(17)9-12(15)2/h6-7,9,14,16H,3-5,8,10-11,18H2,1-2H3. The molecule has 0 spiro atoms. The number of aryl methyl sites for hydroxylation is 1. The van der Waals surface area contributed by atoms with Crippen LogP contribution in [0.3, 0.4) is 0 Å². The normalized spacial score (nSPS) is 20.6. The van der Waals surface area contributed by atoms with Gasteiger partial charge in [0.2, 0.25) is 0 Å². The van der Waals surface area contributed by atoms with Gasteiger partial charge in [0, 0.05) is 30.8 Å². The van der Waals surface area contributed by atoms with Gasteiger partial charge in [-0.3, -0.25) is 4.90 Å². The summed E-state index contributed by atoms with van der Waals surface area (Å²) in [5.41, 5.74) is 8.53. The predicted molar refractivity (Wildman–Crippen MR) is 84.2 cm³/mol. The smallest absolute Gasteiger partial charge is 0.0703 e. The highest BCUT2D eigenvalue weighted by Crippen LogP contribution is 2.27. The molecular weight excluding hydrogens is 272 g/mol. The minimum atomic E-state index is 0.237. The molecule has 0 bridgehead atoms. The molecule has 1 heterocycles. The highest BCUT2D eigenvalue weighted by Gasteiger charge is 2.24. The summed E-state index contributed by atoms with van der Waals surface area (Å²) in [6.07, 6.45) is 2.69. The number of hydrogen-bond donors (Lipinski definition) is 1. The Morgan fingerprint density at radius 2 is 2.30 bits per heavy atom. The van der Waals surface area contributed by atoms with Crippen LogP contribution in [-0.4, -0.2) is 37.2 Å². The molecule has 4 heteroatoms. The van der Waals surface area contributed by atoms with Crippen LogP contribution in [0.25, 0.3) is 0 Å². The summed E-state index contributed by atoms with van der Waals surface area (Å²) < 4.78 is 5.76. The maximum Gasteiger partial charge on any atom is 0.0703 e. The molecule has 1 aliphatic heterocycles. The van der Waals surface area contributed by atoms with E-state index in [-0.39, 0.29) is 6.04 Å². The molecular formula is C16H25ClN2O. The Hall–Kier alpha value is -0.610. The molecule has 0 aliphatic carbocycles. The van der Waals surface area contributed by atoms with Gasteiger partial charge >= 0.3 is 0 Å². The number of nitrogens with zero attached hydrogens (tertiary/aromatic N) is 1. The van der Waals surface area contributed by atoms with Crippen LogP contribution in [0.15, 0.2) is 18.2 Å². The van der Waals surface area contributed by atoms with Crippen LogP contribution in [0.1, 0.15) is 36.9 Å². The zero-order valence-electron chi connectivity index (χ0n) is 12.4. The molecule has 2 unspecified atom stereocenters. The minimum Gasteiger partial charge on any atom is -0.377 e. The van der Waals surface area contributed by atoms with E-state index in [1.165, 1.54) is 17.5 Å². The second-order valence-electron chi connectivity index (χ2n) is 5.47. The first-order valence-electron chi connectivity index (χ1n) is 7.47. The van der Waals surface area contributed by atoms with Crippen molar-refractivity contribution in [3.05, 3.63) is 34.3 Å². The van der Waals surface area contributed by atoms with Gasteiger partial charge in [0.15, 0.2) is 0 Å². The second-order valence-corrected chi connectivity index (χ2v) is 5.91. The molecule has 20 heavy (non-hydrogen) atoms. The fraction of sp³-hybridized carbons (Fsp3) is 0.625. The lowest BCUT2D eigenvalue weighted by Gasteiger charge is -2.33. The van der Waals surface area contributed by atoms with E-state index < -0.39 is 0 Å². The van der Waals surface area contributed by atoms with Gasteiger partial charge < -0.3 is 10.5 Å². The lowest BCUT2D eigenvalue weighted by atomic mass is 9.99. The maximum absolute atomic E-state index is 6.05. The maximum atomic E-state index is 6.05. The number of ether oxygens (including phenoxy) is 1. The number of benzene rings is 1. The Labute approximate surface area is 127 Å². The fourth-order valence-electron chi connectivity index (χ4n) is 3.01. The third-order valence-corrected chi connectivity index (χ3v) is 4.36. The van der Waals surface area contributed by atoms with Crippen molar-refractivity contribution < 1.29 is 4.74 Å². The van der Waals surface area contributed by atoms with E-state index in [9.17, 15) is 0 Å². The Balaban J connectivity index is 2.15. The Morgan fingerprint density at radius 3 is 2.85 bits per heavy atom. The third kappa shape index (κ3) is 3.73. The number of nitrogens with two attached hydrogens (primary N) is 1. The molecule has 1 aromatic rings. The molecule has 2 N–H and O–H groups in total. The van der Waals surface area contributed by atoms with Crippen molar-refractivity contribution in [3.8, 4) is 0 Å². The van der Waals surface area contributed by atoms with E-state index in [1.807, 2.05) is 12.1 Å². The molecule has 1 aliphatic rings. The SMILES string of the molecule is CCN(CC1CCCO1)C(CN)c1ccc(Cl)cc1C. The molecule has 0 radical (unpaired) electrons. The van der Waals surface area contributed by atoms with Crippen molar-refractivity contribution >= 4 is 11.6 Å². The molecule has 0 saturated carbocycles. The first kappa shape index (κ1) is 15.8. The molecule has 2 rings (SSSR count).